The molecule has 0 heterocycles. The molecular formula is C55H102NO8P. The quantitative estimate of drug-likeness (QED) is 0.0195. The van der Waals surface area contributed by atoms with Crippen LogP contribution in [-0.4, -0.2) is 70.0 Å². The van der Waals surface area contributed by atoms with E-state index in [1.807, 2.05) is 21.1 Å². The van der Waals surface area contributed by atoms with E-state index in [0.29, 0.717) is 17.4 Å². The van der Waals surface area contributed by atoms with Gasteiger partial charge < -0.3 is 27.9 Å². The average molecular weight is 936 g/mol. The van der Waals surface area contributed by atoms with Gasteiger partial charge in [0.15, 0.2) is 6.10 Å². The van der Waals surface area contributed by atoms with Crippen LogP contribution in [0.15, 0.2) is 48.6 Å². The number of hydrogen-bond donors (Lipinski definition) is 0. The Labute approximate surface area is 401 Å². The van der Waals surface area contributed by atoms with E-state index in [1.165, 1.54) is 141 Å². The molecule has 0 aliphatic rings. The largest absolute Gasteiger partial charge is 0.756 e. The number of hydrogen-bond acceptors (Lipinski definition) is 8. The van der Waals surface area contributed by atoms with Gasteiger partial charge in [0.1, 0.15) is 19.8 Å². The lowest BCUT2D eigenvalue weighted by Crippen LogP contribution is -2.37. The number of unbranched alkanes of at least 4 members (excludes halogenated alkanes) is 27. The third kappa shape index (κ3) is 51.2. The molecular weight excluding hydrogens is 834 g/mol. The summed E-state index contributed by atoms with van der Waals surface area (Å²) in [5.41, 5.74) is 0. The number of allylic oxidation sites excluding steroid dienone is 8. The summed E-state index contributed by atoms with van der Waals surface area (Å²) in [7, 11) is 1.16. The minimum absolute atomic E-state index is 0.0333. The summed E-state index contributed by atoms with van der Waals surface area (Å²) < 4.78 is 34.1. The number of carbonyl (C=O) groups excluding carboxylic acids is 2. The summed E-state index contributed by atoms with van der Waals surface area (Å²) in [4.78, 5) is 37.8. The maximum Gasteiger partial charge on any atom is 0.306 e. The Morgan fingerprint density at radius 2 is 0.831 bits per heavy atom. The first-order valence-corrected chi connectivity index (χ1v) is 28.3. The number of rotatable bonds is 49. The molecule has 2 unspecified atom stereocenters. The molecule has 0 rings (SSSR count). The second-order valence-corrected chi connectivity index (χ2v) is 20.6. The van der Waals surface area contributed by atoms with Crippen molar-refractivity contribution in [2.45, 2.75) is 245 Å². The van der Waals surface area contributed by atoms with Gasteiger partial charge in [-0.2, -0.15) is 0 Å². The fourth-order valence-electron chi connectivity index (χ4n) is 7.36. The van der Waals surface area contributed by atoms with Gasteiger partial charge in [0.05, 0.1) is 27.7 Å². The molecule has 0 N–H and O–H groups in total. The van der Waals surface area contributed by atoms with Crippen molar-refractivity contribution in [3.05, 3.63) is 48.6 Å². The van der Waals surface area contributed by atoms with Gasteiger partial charge in [0.25, 0.3) is 7.82 Å². The first-order chi connectivity index (χ1) is 31.5. The molecule has 0 saturated carbocycles. The van der Waals surface area contributed by atoms with E-state index in [2.05, 4.69) is 62.5 Å². The maximum absolute atomic E-state index is 12.8. The van der Waals surface area contributed by atoms with Crippen molar-refractivity contribution in [3.8, 4) is 0 Å². The standard InChI is InChI=1S/C55H102NO8P/c1-6-8-10-12-14-16-18-20-22-24-26-27-28-29-30-32-34-36-38-40-42-44-46-48-55(58)64-53(52-63-65(59,60)62-50-49-56(3,4)5)51-61-54(57)47-45-43-41-39-37-35-33-31-25-23-21-19-17-15-13-11-9-7-2/h17-20,23-26,53H,6-16,21-22,27-52H2,1-5H3/b19-17-,20-18-,25-23-,26-24-. The first kappa shape index (κ1) is 63.0. The summed E-state index contributed by atoms with van der Waals surface area (Å²) in [6.07, 6.45) is 57.1. The molecule has 0 amide bonds. The summed E-state index contributed by atoms with van der Waals surface area (Å²) in [6.45, 7) is 4.22. The predicted molar refractivity (Wildman–Crippen MR) is 273 cm³/mol. The van der Waals surface area contributed by atoms with Gasteiger partial charge in [-0.25, -0.2) is 0 Å². The molecule has 380 valence electrons. The van der Waals surface area contributed by atoms with E-state index in [9.17, 15) is 19.0 Å². The highest BCUT2D eigenvalue weighted by molar-refractivity contribution is 7.45. The summed E-state index contributed by atoms with van der Waals surface area (Å²) in [6, 6.07) is 0. The molecule has 0 fully saturated rings. The fourth-order valence-corrected chi connectivity index (χ4v) is 8.09. The highest BCUT2D eigenvalue weighted by Gasteiger charge is 2.21. The van der Waals surface area contributed by atoms with Gasteiger partial charge >= 0.3 is 11.9 Å². The van der Waals surface area contributed by atoms with Gasteiger partial charge in [0, 0.05) is 12.8 Å². The Morgan fingerprint density at radius 3 is 1.23 bits per heavy atom. The van der Waals surface area contributed by atoms with E-state index in [0.717, 1.165) is 64.2 Å². The smallest absolute Gasteiger partial charge is 0.306 e. The van der Waals surface area contributed by atoms with Crippen LogP contribution in [0.3, 0.4) is 0 Å². The first-order valence-electron chi connectivity index (χ1n) is 26.8. The molecule has 0 spiro atoms. The van der Waals surface area contributed by atoms with Gasteiger partial charge in [-0.15, -0.1) is 0 Å². The third-order valence-electron chi connectivity index (χ3n) is 11.6. The van der Waals surface area contributed by atoms with Crippen LogP contribution in [0.5, 0.6) is 0 Å². The SMILES string of the molecule is CCCCCC/C=C\C/C=C\CCCCCCCCCC(=O)OCC(COP(=O)([O-])OCC[N+](C)(C)C)OC(=O)CCCCCCCCCCCCC/C=C\C/C=C\CCCCCCC. The van der Waals surface area contributed by atoms with Crippen LogP contribution in [-0.2, 0) is 32.7 Å². The zero-order chi connectivity index (χ0) is 47.8. The Morgan fingerprint density at radius 1 is 0.477 bits per heavy atom. The average Bonchev–Trinajstić information content (AvgIpc) is 3.26. The van der Waals surface area contributed by atoms with E-state index in [1.54, 1.807) is 0 Å². The van der Waals surface area contributed by atoms with Crippen molar-refractivity contribution >= 4 is 19.8 Å². The number of esters is 2. The molecule has 0 radical (unpaired) electrons. The lowest BCUT2D eigenvalue weighted by molar-refractivity contribution is -0.870. The number of phosphoric acid groups is 1. The number of phosphoric ester groups is 1. The van der Waals surface area contributed by atoms with Crippen molar-refractivity contribution in [2.24, 2.45) is 0 Å². The van der Waals surface area contributed by atoms with E-state index < -0.39 is 26.5 Å². The second kappa shape index (κ2) is 47.1. The van der Waals surface area contributed by atoms with Crippen molar-refractivity contribution in [2.75, 3.05) is 47.5 Å². The van der Waals surface area contributed by atoms with Crippen LogP contribution in [0.4, 0.5) is 0 Å². The third-order valence-corrected chi connectivity index (χ3v) is 12.5. The minimum Gasteiger partial charge on any atom is -0.756 e. The zero-order valence-electron chi connectivity index (χ0n) is 42.9. The van der Waals surface area contributed by atoms with Gasteiger partial charge in [0.2, 0.25) is 0 Å². The Balaban J connectivity index is 4.23. The fraction of sp³-hybridized carbons (Fsp3) is 0.818. The van der Waals surface area contributed by atoms with Gasteiger partial charge in [-0.05, 0) is 77.0 Å². The number of quaternary nitrogens is 1. The Hall–Kier alpha value is -2.03. The molecule has 65 heavy (non-hydrogen) atoms. The molecule has 0 aliphatic carbocycles. The van der Waals surface area contributed by atoms with Crippen LogP contribution in [0, 0.1) is 0 Å². The topological polar surface area (TPSA) is 111 Å². The number of nitrogens with zero attached hydrogens (tertiary/aromatic N) is 1. The monoisotopic (exact) mass is 936 g/mol. The number of likely N-dealkylation sites (N-methyl/N-ethyl adjacent to an activating group) is 1. The van der Waals surface area contributed by atoms with Gasteiger partial charge in [-0.1, -0.05) is 197 Å². The lowest BCUT2D eigenvalue weighted by atomic mass is 10.0. The summed E-state index contributed by atoms with van der Waals surface area (Å²) in [5.74, 6) is -0.840. The summed E-state index contributed by atoms with van der Waals surface area (Å²) in [5, 5.41) is 0. The highest BCUT2D eigenvalue weighted by Crippen LogP contribution is 2.38. The molecule has 9 nitrogen and oxygen atoms in total. The zero-order valence-corrected chi connectivity index (χ0v) is 43.8. The van der Waals surface area contributed by atoms with Crippen LogP contribution >= 0.6 is 7.82 Å². The van der Waals surface area contributed by atoms with Gasteiger partial charge in [-0.3, -0.25) is 14.2 Å². The number of ether oxygens (including phenoxy) is 2. The van der Waals surface area contributed by atoms with Crippen LogP contribution in [0.1, 0.15) is 239 Å². The molecule has 0 bridgehead atoms. The molecule has 0 aromatic rings. The molecule has 0 aromatic heterocycles. The highest BCUT2D eigenvalue weighted by atomic mass is 31.2. The van der Waals surface area contributed by atoms with Crippen LogP contribution in [0.25, 0.3) is 0 Å². The van der Waals surface area contributed by atoms with Crippen LogP contribution in [0.2, 0.25) is 0 Å². The van der Waals surface area contributed by atoms with E-state index >= 15 is 0 Å². The minimum atomic E-state index is -4.63. The normalized spacial score (nSPS) is 13.8. The van der Waals surface area contributed by atoms with E-state index in [4.69, 9.17) is 18.5 Å². The van der Waals surface area contributed by atoms with E-state index in [-0.39, 0.29) is 32.0 Å². The summed E-state index contributed by atoms with van der Waals surface area (Å²) >= 11 is 0. The van der Waals surface area contributed by atoms with Crippen LogP contribution < -0.4 is 4.89 Å². The van der Waals surface area contributed by atoms with Crippen molar-refractivity contribution in [3.63, 3.8) is 0 Å². The Bertz CT molecular complexity index is 1240. The molecule has 0 aromatic carbocycles. The molecule has 0 aliphatic heterocycles. The van der Waals surface area contributed by atoms with Crippen molar-refractivity contribution in [1.82, 2.24) is 0 Å². The van der Waals surface area contributed by atoms with Crippen molar-refractivity contribution < 1.29 is 42.1 Å². The number of carbonyl (C=O) groups is 2. The molecule has 0 saturated heterocycles. The molecule has 2 atom stereocenters. The Kier molecular flexibility index (Phi) is 45.6. The predicted octanol–water partition coefficient (Wildman–Crippen LogP) is 15.6. The lowest BCUT2D eigenvalue weighted by Gasteiger charge is -2.28. The maximum atomic E-state index is 12.8. The molecule has 10 heteroatoms. The van der Waals surface area contributed by atoms with Crippen molar-refractivity contribution in [1.29, 1.82) is 0 Å². The second-order valence-electron chi connectivity index (χ2n) is 19.2.